The molecular formula is C11H20N6O4S. The maximum absolute atomic E-state index is 12.1. The molecule has 0 saturated heterocycles. The molecule has 1 aliphatic heterocycles. The fourth-order valence-corrected chi connectivity index (χ4v) is 2.04. The largest absolute Gasteiger partial charge is 0.353 e. The van der Waals surface area contributed by atoms with E-state index in [0.717, 1.165) is 0 Å². The molecule has 1 rings (SSSR count). The highest BCUT2D eigenvalue weighted by Gasteiger charge is 2.37. The number of aliphatic imine (C=N–C) groups is 1. The Morgan fingerprint density at radius 1 is 1.41 bits per heavy atom. The van der Waals surface area contributed by atoms with Gasteiger partial charge in [-0.3, -0.25) is 20.0 Å². The summed E-state index contributed by atoms with van der Waals surface area (Å²) in [5.74, 6) is -0.645. The molecule has 0 radical (unpaired) electrons. The number of nitrogens with two attached hydrogens (primary N) is 1. The van der Waals surface area contributed by atoms with Gasteiger partial charge in [-0.1, -0.05) is 0 Å². The first-order valence-electron chi connectivity index (χ1n) is 6.42. The number of rotatable bonds is 5. The van der Waals surface area contributed by atoms with Crippen molar-refractivity contribution in [1.82, 2.24) is 15.6 Å². The van der Waals surface area contributed by atoms with Gasteiger partial charge >= 0.3 is 0 Å². The lowest BCUT2D eigenvalue weighted by atomic mass is 10.0. The van der Waals surface area contributed by atoms with E-state index in [-0.39, 0.29) is 10.8 Å². The zero-order chi connectivity index (χ0) is 17.1. The van der Waals surface area contributed by atoms with Crippen LogP contribution in [-0.2, 0) is 19.6 Å². The third kappa shape index (κ3) is 4.49. The van der Waals surface area contributed by atoms with Gasteiger partial charge in [0.2, 0.25) is 5.91 Å². The Hall–Kier alpha value is -2.01. The van der Waals surface area contributed by atoms with E-state index in [2.05, 4.69) is 20.8 Å². The molecule has 0 aromatic carbocycles. The summed E-state index contributed by atoms with van der Waals surface area (Å²) in [4.78, 5) is 29.2. The topological polar surface area (TPSA) is 146 Å². The second-order valence-corrected chi connectivity index (χ2v) is 6.65. The molecule has 1 amide bonds. The minimum absolute atomic E-state index is 0.177. The van der Waals surface area contributed by atoms with Crippen molar-refractivity contribution in [2.75, 3.05) is 7.05 Å². The van der Waals surface area contributed by atoms with Gasteiger partial charge in [-0.05, 0) is 20.8 Å². The molecule has 10 nitrogen and oxygen atoms in total. The molecule has 3 atom stereocenters. The summed E-state index contributed by atoms with van der Waals surface area (Å²) in [6.07, 6.45) is 0.760. The van der Waals surface area contributed by atoms with E-state index < -0.39 is 34.2 Å². The van der Waals surface area contributed by atoms with Gasteiger partial charge in [0.1, 0.15) is 12.2 Å². The Morgan fingerprint density at radius 3 is 2.50 bits per heavy atom. The molecule has 0 aromatic rings. The highest BCUT2D eigenvalue weighted by molar-refractivity contribution is 8.04. The Balaban J connectivity index is 2.65. The van der Waals surface area contributed by atoms with Crippen LogP contribution in [0.3, 0.4) is 0 Å². The monoisotopic (exact) mass is 332 g/mol. The number of Topliss-reactive ketones (excluding diaryl/α,β-unsaturated/α-hetero) is 1. The summed E-state index contributed by atoms with van der Waals surface area (Å²) in [6.45, 7) is 4.17. The highest BCUT2D eigenvalue weighted by Crippen LogP contribution is 2.13. The zero-order valence-corrected chi connectivity index (χ0v) is 13.6. The van der Waals surface area contributed by atoms with Crippen LogP contribution in [0.5, 0.6) is 0 Å². The van der Waals surface area contributed by atoms with Gasteiger partial charge in [-0.25, -0.2) is 13.6 Å². The van der Waals surface area contributed by atoms with Gasteiger partial charge in [0, 0.05) is 7.05 Å². The van der Waals surface area contributed by atoms with E-state index in [9.17, 15) is 18.0 Å². The Morgan fingerprint density at radius 2 is 2.00 bits per heavy atom. The van der Waals surface area contributed by atoms with Crippen molar-refractivity contribution >= 4 is 33.1 Å². The van der Waals surface area contributed by atoms with Gasteiger partial charge in [0.05, 0.1) is 6.34 Å². The number of hydrogen-bond donors (Lipinski definition) is 3. The summed E-state index contributed by atoms with van der Waals surface area (Å²) in [6, 6.07) is -1.50. The van der Waals surface area contributed by atoms with Crippen molar-refractivity contribution < 1.29 is 18.0 Å². The first-order chi connectivity index (χ1) is 10.0. The van der Waals surface area contributed by atoms with Gasteiger partial charge in [-0.2, -0.15) is 5.10 Å². The summed E-state index contributed by atoms with van der Waals surface area (Å²) in [5.41, 5.74) is 2.45. The second kappa shape index (κ2) is 6.83. The van der Waals surface area contributed by atoms with Crippen LogP contribution in [0.25, 0.3) is 0 Å². The average Bonchev–Trinajstić information content (AvgIpc) is 2.76. The standard InChI is InChI=1S/C11H20N6O4S/c1-6(18)10-9(13-5-17(10)4)11(19)14-7(2)15-16-8(3)22(12,20)21/h5,7,9-10,15H,1-4H3,(H,14,19)(H2,12,20,21)/b16-8+. The SMILES string of the molecule is CC(=O)C1C(C(=O)NC(C)N/N=C(\C)S(N)(=O)=O)N=CN1C. The van der Waals surface area contributed by atoms with Crippen LogP contribution in [0.2, 0.25) is 0 Å². The number of amides is 1. The van der Waals surface area contributed by atoms with Gasteiger partial charge in [-0.15, -0.1) is 0 Å². The first-order valence-corrected chi connectivity index (χ1v) is 7.97. The number of sulfonamides is 1. The number of primary sulfonamides is 1. The first kappa shape index (κ1) is 18.0. The van der Waals surface area contributed by atoms with E-state index in [1.807, 2.05) is 0 Å². The third-order valence-corrected chi connectivity index (χ3v) is 3.93. The predicted molar refractivity (Wildman–Crippen MR) is 81.5 cm³/mol. The molecule has 11 heteroatoms. The number of carbonyl (C=O) groups is 2. The van der Waals surface area contributed by atoms with Gasteiger partial charge in [0.15, 0.2) is 16.9 Å². The van der Waals surface area contributed by atoms with E-state index in [1.165, 1.54) is 20.2 Å². The fourth-order valence-electron chi connectivity index (χ4n) is 1.86. The molecule has 0 bridgehead atoms. The van der Waals surface area contributed by atoms with Crippen LogP contribution in [0.15, 0.2) is 10.1 Å². The Labute approximate surface area is 128 Å². The number of nitrogens with zero attached hydrogens (tertiary/aromatic N) is 3. The zero-order valence-electron chi connectivity index (χ0n) is 12.8. The maximum Gasteiger partial charge on any atom is 0.252 e. The van der Waals surface area contributed by atoms with E-state index in [1.54, 1.807) is 18.9 Å². The van der Waals surface area contributed by atoms with Crippen LogP contribution in [0.1, 0.15) is 20.8 Å². The lowest BCUT2D eigenvalue weighted by Gasteiger charge is -2.23. The average molecular weight is 332 g/mol. The van der Waals surface area contributed by atoms with Crippen molar-refractivity contribution in [1.29, 1.82) is 0 Å². The van der Waals surface area contributed by atoms with Crippen LogP contribution in [0.4, 0.5) is 0 Å². The Kier molecular flexibility index (Phi) is 5.60. The summed E-state index contributed by atoms with van der Waals surface area (Å²) in [7, 11) is -2.21. The van der Waals surface area contributed by atoms with Crippen LogP contribution in [0, 0.1) is 0 Å². The van der Waals surface area contributed by atoms with Crippen molar-refractivity contribution in [2.24, 2.45) is 15.2 Å². The number of hydrogen-bond acceptors (Lipinski definition) is 8. The quantitative estimate of drug-likeness (QED) is 0.229. The summed E-state index contributed by atoms with van der Waals surface area (Å²) >= 11 is 0. The molecule has 3 unspecified atom stereocenters. The summed E-state index contributed by atoms with van der Waals surface area (Å²) in [5, 5.41) is 10.7. The van der Waals surface area contributed by atoms with Crippen molar-refractivity contribution in [2.45, 2.75) is 39.0 Å². The number of likely N-dealkylation sites (N-methyl/N-ethyl adjacent to an activating group) is 1. The molecule has 1 aliphatic rings. The molecule has 4 N–H and O–H groups in total. The second-order valence-electron chi connectivity index (χ2n) is 4.97. The Bertz CT molecular complexity index is 614. The minimum Gasteiger partial charge on any atom is -0.353 e. The normalized spacial score (nSPS) is 23.3. The van der Waals surface area contributed by atoms with E-state index in [4.69, 9.17) is 5.14 Å². The van der Waals surface area contributed by atoms with E-state index in [0.29, 0.717) is 0 Å². The number of ketones is 1. The molecule has 0 aromatic heterocycles. The van der Waals surface area contributed by atoms with Crippen LogP contribution < -0.4 is 15.9 Å². The smallest absolute Gasteiger partial charge is 0.252 e. The molecule has 1 heterocycles. The van der Waals surface area contributed by atoms with E-state index >= 15 is 0 Å². The maximum atomic E-state index is 12.1. The molecule has 0 fully saturated rings. The predicted octanol–water partition coefficient (Wildman–Crippen LogP) is -2.04. The van der Waals surface area contributed by atoms with Crippen molar-refractivity contribution in [3.05, 3.63) is 0 Å². The molecule has 22 heavy (non-hydrogen) atoms. The highest BCUT2D eigenvalue weighted by atomic mass is 32.2. The minimum atomic E-state index is -3.87. The lowest BCUT2D eigenvalue weighted by molar-refractivity contribution is -0.128. The van der Waals surface area contributed by atoms with Gasteiger partial charge < -0.3 is 10.2 Å². The van der Waals surface area contributed by atoms with Gasteiger partial charge in [0.25, 0.3) is 10.0 Å². The lowest BCUT2D eigenvalue weighted by Crippen LogP contribution is -2.51. The van der Waals surface area contributed by atoms with Crippen molar-refractivity contribution in [3.63, 3.8) is 0 Å². The number of carbonyl (C=O) groups excluding carboxylic acids is 2. The fraction of sp³-hybridized carbons (Fsp3) is 0.636. The molecule has 0 saturated carbocycles. The molecule has 0 spiro atoms. The number of nitrogens with one attached hydrogen (secondary N) is 2. The van der Waals surface area contributed by atoms with Crippen molar-refractivity contribution in [3.8, 4) is 0 Å². The summed E-state index contributed by atoms with van der Waals surface area (Å²) < 4.78 is 22.0. The molecular weight excluding hydrogens is 312 g/mol. The van der Waals surface area contributed by atoms with Crippen LogP contribution in [-0.4, -0.2) is 61.7 Å². The third-order valence-electron chi connectivity index (χ3n) is 3.02. The van der Waals surface area contributed by atoms with Crippen LogP contribution >= 0.6 is 0 Å². The number of hydrazone groups is 1. The molecule has 124 valence electrons. The molecule has 0 aliphatic carbocycles.